The minimum Gasteiger partial charge on any atom is -0.495 e. The number of halogens is 2. The monoisotopic (exact) mass is 499 g/mol. The number of aryl methyl sites for hydroxylation is 1. The molecule has 1 fully saturated rings. The van der Waals surface area contributed by atoms with Gasteiger partial charge in [0, 0.05) is 16.4 Å². The van der Waals surface area contributed by atoms with Crippen LogP contribution in [0.5, 0.6) is 5.75 Å². The zero-order valence-corrected chi connectivity index (χ0v) is 20.3. The van der Waals surface area contributed by atoms with Crippen LogP contribution in [0.15, 0.2) is 54.1 Å². The molecule has 2 heterocycles. The van der Waals surface area contributed by atoms with E-state index in [1.54, 1.807) is 55.7 Å². The average Bonchev–Trinajstić information content (AvgIpc) is 3.05. The van der Waals surface area contributed by atoms with Crippen LogP contribution in [0.4, 0.5) is 5.69 Å². The Balaban J connectivity index is 1.81. The maximum absolute atomic E-state index is 13.3. The molecule has 0 unspecified atom stereocenters. The second-order valence-corrected chi connectivity index (χ2v) is 8.62. The summed E-state index contributed by atoms with van der Waals surface area (Å²) in [6, 6.07) is 14.0. The summed E-state index contributed by atoms with van der Waals surface area (Å²) in [5.41, 5.74) is 3.47. The topological polar surface area (TPSA) is 63.6 Å². The number of amides is 2. The molecule has 1 aliphatic rings. The first-order valence-electron chi connectivity index (χ1n) is 9.91. The first-order chi connectivity index (χ1) is 15.7. The summed E-state index contributed by atoms with van der Waals surface area (Å²) in [4.78, 5) is 27.3. The van der Waals surface area contributed by atoms with Gasteiger partial charge in [0.05, 0.1) is 23.5 Å². The standard InChI is InChI=1S/C24H19Cl2N3O3S/c1-13-10-15(14(2)28(13)20-12-16(25)8-9-21(20)32-3)11-17-22(30)27-24(33)29(23(17)31)19-7-5-4-6-18(19)26/h4-12H,1-3H3,(H,27,30,33)/b17-11+. The van der Waals surface area contributed by atoms with Crippen LogP contribution in [0.3, 0.4) is 0 Å². The smallest absolute Gasteiger partial charge is 0.270 e. The molecule has 168 valence electrons. The lowest BCUT2D eigenvalue weighted by molar-refractivity contribution is -0.122. The lowest BCUT2D eigenvalue weighted by Crippen LogP contribution is -2.54. The first-order valence-corrected chi connectivity index (χ1v) is 11.1. The average molecular weight is 500 g/mol. The summed E-state index contributed by atoms with van der Waals surface area (Å²) in [7, 11) is 1.58. The number of ether oxygens (including phenoxy) is 1. The minimum atomic E-state index is -0.571. The number of nitrogens with zero attached hydrogens (tertiary/aromatic N) is 2. The van der Waals surface area contributed by atoms with Crippen molar-refractivity contribution >= 4 is 64.1 Å². The lowest BCUT2D eigenvalue weighted by atomic mass is 10.1. The Labute approximate surface area is 206 Å². The van der Waals surface area contributed by atoms with Crippen molar-refractivity contribution in [2.24, 2.45) is 0 Å². The Morgan fingerprint density at radius 3 is 2.45 bits per heavy atom. The van der Waals surface area contributed by atoms with Crippen LogP contribution in [-0.4, -0.2) is 28.6 Å². The van der Waals surface area contributed by atoms with Crippen molar-refractivity contribution in [1.82, 2.24) is 9.88 Å². The SMILES string of the molecule is COc1ccc(Cl)cc1-n1c(C)cc(/C=C2\C(=O)NC(=S)N(c3ccccc3Cl)C2=O)c1C. The van der Waals surface area contributed by atoms with Gasteiger partial charge >= 0.3 is 0 Å². The van der Waals surface area contributed by atoms with Gasteiger partial charge in [-0.1, -0.05) is 35.3 Å². The molecule has 0 bridgehead atoms. The normalized spacial score (nSPS) is 15.2. The van der Waals surface area contributed by atoms with Crippen LogP contribution >= 0.6 is 35.4 Å². The molecule has 33 heavy (non-hydrogen) atoms. The van der Waals surface area contributed by atoms with Gasteiger partial charge in [-0.3, -0.25) is 19.8 Å². The van der Waals surface area contributed by atoms with E-state index < -0.39 is 11.8 Å². The fourth-order valence-corrected chi connectivity index (χ4v) is 4.47. The molecular weight excluding hydrogens is 481 g/mol. The van der Waals surface area contributed by atoms with Gasteiger partial charge in [0.1, 0.15) is 11.3 Å². The highest BCUT2D eigenvalue weighted by Gasteiger charge is 2.35. The van der Waals surface area contributed by atoms with E-state index in [1.165, 1.54) is 4.90 Å². The van der Waals surface area contributed by atoms with Gasteiger partial charge in [-0.05, 0) is 74.1 Å². The highest BCUT2D eigenvalue weighted by molar-refractivity contribution is 7.80. The quantitative estimate of drug-likeness (QED) is 0.302. The Morgan fingerprint density at radius 2 is 1.76 bits per heavy atom. The fourth-order valence-electron chi connectivity index (χ4n) is 3.81. The number of carbonyl (C=O) groups is 2. The molecule has 1 aromatic heterocycles. The molecule has 0 radical (unpaired) electrons. The highest BCUT2D eigenvalue weighted by Crippen LogP contribution is 2.33. The number of nitrogens with one attached hydrogen (secondary N) is 1. The number of aromatic nitrogens is 1. The van der Waals surface area contributed by atoms with Crippen molar-refractivity contribution in [1.29, 1.82) is 0 Å². The fraction of sp³-hybridized carbons (Fsp3) is 0.125. The maximum Gasteiger partial charge on any atom is 0.270 e. The third-order valence-electron chi connectivity index (χ3n) is 5.35. The van der Waals surface area contributed by atoms with Crippen LogP contribution in [0.2, 0.25) is 10.0 Å². The second-order valence-electron chi connectivity index (χ2n) is 7.39. The Hall–Kier alpha value is -3.13. The zero-order valence-electron chi connectivity index (χ0n) is 18.0. The number of rotatable bonds is 4. The summed E-state index contributed by atoms with van der Waals surface area (Å²) in [5.74, 6) is -0.484. The molecule has 1 aliphatic heterocycles. The summed E-state index contributed by atoms with van der Waals surface area (Å²) < 4.78 is 7.45. The molecule has 3 aromatic rings. The molecule has 6 nitrogen and oxygen atoms in total. The number of hydrogen-bond acceptors (Lipinski definition) is 4. The van der Waals surface area contributed by atoms with Gasteiger partial charge in [0.25, 0.3) is 11.8 Å². The van der Waals surface area contributed by atoms with Gasteiger partial charge in [-0.15, -0.1) is 0 Å². The molecule has 1 saturated heterocycles. The van der Waals surface area contributed by atoms with Crippen LogP contribution < -0.4 is 15.0 Å². The number of thiocarbonyl (C=S) groups is 1. The molecular formula is C24H19Cl2N3O3S. The van der Waals surface area contributed by atoms with Crippen LogP contribution in [0.25, 0.3) is 11.8 Å². The molecule has 1 N–H and O–H groups in total. The number of hydrogen-bond donors (Lipinski definition) is 1. The van der Waals surface area contributed by atoms with Crippen molar-refractivity contribution in [3.63, 3.8) is 0 Å². The first kappa shape index (κ1) is 23.0. The number of carbonyl (C=O) groups excluding carboxylic acids is 2. The summed E-state index contributed by atoms with van der Waals surface area (Å²) in [5, 5.41) is 3.46. The van der Waals surface area contributed by atoms with E-state index in [0.717, 1.165) is 17.1 Å². The summed E-state index contributed by atoms with van der Waals surface area (Å²) >= 11 is 17.8. The molecule has 2 amide bonds. The summed E-state index contributed by atoms with van der Waals surface area (Å²) in [6.45, 7) is 3.81. The Morgan fingerprint density at radius 1 is 1.03 bits per heavy atom. The van der Waals surface area contributed by atoms with Gasteiger partial charge in [-0.25, -0.2) is 0 Å². The van der Waals surface area contributed by atoms with E-state index in [4.69, 9.17) is 40.2 Å². The molecule has 9 heteroatoms. The lowest BCUT2D eigenvalue weighted by Gasteiger charge is -2.29. The molecule has 2 aromatic carbocycles. The molecule has 0 atom stereocenters. The van der Waals surface area contributed by atoms with Gasteiger partial charge in [0.2, 0.25) is 0 Å². The predicted molar refractivity (Wildman–Crippen MR) is 134 cm³/mol. The third kappa shape index (κ3) is 4.15. The largest absolute Gasteiger partial charge is 0.495 e. The highest BCUT2D eigenvalue weighted by atomic mass is 35.5. The Bertz CT molecular complexity index is 1350. The van der Waals surface area contributed by atoms with Crippen molar-refractivity contribution in [3.8, 4) is 11.4 Å². The second kappa shape index (κ2) is 9.02. The van der Waals surface area contributed by atoms with E-state index in [2.05, 4.69) is 5.32 Å². The number of para-hydroxylation sites is 1. The minimum absolute atomic E-state index is 0.0237. The molecule has 0 aliphatic carbocycles. The van der Waals surface area contributed by atoms with Crippen molar-refractivity contribution in [2.75, 3.05) is 12.0 Å². The number of benzene rings is 2. The summed E-state index contributed by atoms with van der Waals surface area (Å²) in [6.07, 6.45) is 1.55. The Kier molecular flexibility index (Phi) is 6.30. The third-order valence-corrected chi connectivity index (χ3v) is 6.19. The van der Waals surface area contributed by atoms with Gasteiger partial charge in [0.15, 0.2) is 5.11 Å². The van der Waals surface area contributed by atoms with Crippen molar-refractivity contribution < 1.29 is 14.3 Å². The van der Waals surface area contributed by atoms with E-state index in [-0.39, 0.29) is 10.7 Å². The van der Waals surface area contributed by atoms with Crippen LogP contribution in [-0.2, 0) is 9.59 Å². The molecule has 4 rings (SSSR count). The molecule has 0 saturated carbocycles. The van der Waals surface area contributed by atoms with Crippen LogP contribution in [0, 0.1) is 13.8 Å². The van der Waals surface area contributed by atoms with Crippen molar-refractivity contribution in [3.05, 3.63) is 81.1 Å². The van der Waals surface area contributed by atoms with Gasteiger partial charge in [-0.2, -0.15) is 0 Å². The van der Waals surface area contributed by atoms with E-state index in [1.807, 2.05) is 24.5 Å². The predicted octanol–water partition coefficient (Wildman–Crippen LogP) is 5.24. The van der Waals surface area contributed by atoms with Crippen molar-refractivity contribution in [2.45, 2.75) is 13.8 Å². The maximum atomic E-state index is 13.3. The van der Waals surface area contributed by atoms with E-state index in [0.29, 0.717) is 27.0 Å². The van der Waals surface area contributed by atoms with Gasteiger partial charge < -0.3 is 9.30 Å². The van der Waals surface area contributed by atoms with Crippen LogP contribution in [0.1, 0.15) is 17.0 Å². The number of anilines is 1. The van der Waals surface area contributed by atoms with E-state index in [9.17, 15) is 9.59 Å². The number of methoxy groups -OCH3 is 1. The zero-order chi connectivity index (χ0) is 23.9. The van der Waals surface area contributed by atoms with E-state index >= 15 is 0 Å². The molecule has 0 spiro atoms.